The van der Waals surface area contributed by atoms with Gasteiger partial charge in [-0.15, -0.1) is 0 Å². The molecule has 1 atom stereocenters. The van der Waals surface area contributed by atoms with Crippen LogP contribution in [0.5, 0.6) is 0 Å². The number of benzene rings is 1. The quantitative estimate of drug-likeness (QED) is 0.852. The Hall–Kier alpha value is -2.57. The molecule has 1 aromatic carbocycles. The molecule has 1 aliphatic heterocycles. The lowest BCUT2D eigenvalue weighted by Crippen LogP contribution is -2.53. The van der Waals surface area contributed by atoms with Gasteiger partial charge in [-0.2, -0.15) is 0 Å². The maximum atomic E-state index is 12.3. The van der Waals surface area contributed by atoms with Crippen molar-refractivity contribution in [2.24, 2.45) is 0 Å². The Morgan fingerprint density at radius 3 is 2.67 bits per heavy atom. The highest BCUT2D eigenvalue weighted by Crippen LogP contribution is 2.27. The van der Waals surface area contributed by atoms with Crippen LogP contribution in [0.4, 0.5) is 10.5 Å². The maximum absolute atomic E-state index is 12.3. The molecule has 21 heavy (non-hydrogen) atoms. The van der Waals surface area contributed by atoms with Crippen LogP contribution in [-0.4, -0.2) is 47.5 Å². The summed E-state index contributed by atoms with van der Waals surface area (Å²) in [6, 6.07) is 5.88. The van der Waals surface area contributed by atoms with Crippen LogP contribution in [0.25, 0.3) is 0 Å². The standard InChI is InChI=1S/C14H17N3O4/c1-9(18)15-11(13(19)20)8-17-12-6-4-3-5-10(12)7-16(2)14(17)21/h3-6,11H,7-8H2,1-2H3,(H,15,18)(H,19,20). The van der Waals surface area contributed by atoms with Gasteiger partial charge in [-0.25, -0.2) is 9.59 Å². The largest absolute Gasteiger partial charge is 0.480 e. The summed E-state index contributed by atoms with van der Waals surface area (Å²) in [6.07, 6.45) is 0. The van der Waals surface area contributed by atoms with Crippen molar-refractivity contribution in [2.75, 3.05) is 18.5 Å². The summed E-state index contributed by atoms with van der Waals surface area (Å²) in [7, 11) is 1.65. The fourth-order valence-corrected chi connectivity index (χ4v) is 2.33. The summed E-state index contributed by atoms with van der Waals surface area (Å²) in [5.74, 6) is -1.63. The van der Waals surface area contributed by atoms with E-state index in [4.69, 9.17) is 0 Å². The maximum Gasteiger partial charge on any atom is 0.328 e. The lowest BCUT2D eigenvalue weighted by atomic mass is 10.1. The first-order chi connectivity index (χ1) is 9.90. The Bertz CT molecular complexity index is 587. The van der Waals surface area contributed by atoms with E-state index in [9.17, 15) is 19.5 Å². The van der Waals surface area contributed by atoms with Gasteiger partial charge in [0.05, 0.1) is 12.2 Å². The number of carbonyl (C=O) groups is 3. The number of carboxylic acids is 1. The average Bonchev–Trinajstić information content (AvgIpc) is 2.42. The van der Waals surface area contributed by atoms with E-state index < -0.39 is 17.9 Å². The second-order valence-electron chi connectivity index (χ2n) is 4.97. The molecule has 7 nitrogen and oxygen atoms in total. The number of amides is 3. The van der Waals surface area contributed by atoms with Gasteiger partial charge in [-0.05, 0) is 11.6 Å². The van der Waals surface area contributed by atoms with Crippen molar-refractivity contribution in [1.82, 2.24) is 10.2 Å². The van der Waals surface area contributed by atoms with Crippen LogP contribution in [0.3, 0.4) is 0 Å². The number of anilines is 1. The topological polar surface area (TPSA) is 90.0 Å². The summed E-state index contributed by atoms with van der Waals surface area (Å²) in [5.41, 5.74) is 1.61. The van der Waals surface area contributed by atoms with Gasteiger partial charge in [-0.3, -0.25) is 9.69 Å². The van der Waals surface area contributed by atoms with Crippen LogP contribution in [0, 0.1) is 0 Å². The lowest BCUT2D eigenvalue weighted by molar-refractivity contribution is -0.141. The molecule has 2 rings (SSSR count). The normalized spacial score (nSPS) is 15.4. The number of aliphatic carboxylic acids is 1. The number of hydrogen-bond donors (Lipinski definition) is 2. The molecule has 7 heteroatoms. The third-order valence-corrected chi connectivity index (χ3v) is 3.29. The molecule has 2 N–H and O–H groups in total. The highest BCUT2D eigenvalue weighted by molar-refractivity contribution is 5.96. The molecule has 0 aromatic heterocycles. The van der Waals surface area contributed by atoms with Gasteiger partial charge >= 0.3 is 12.0 Å². The molecular weight excluding hydrogens is 274 g/mol. The molecule has 1 aliphatic rings. The second-order valence-corrected chi connectivity index (χ2v) is 4.97. The lowest BCUT2D eigenvalue weighted by Gasteiger charge is -2.36. The number of nitrogens with zero attached hydrogens (tertiary/aromatic N) is 2. The SMILES string of the molecule is CC(=O)NC(CN1C(=O)N(C)Cc2ccccc21)C(=O)O. The third-order valence-electron chi connectivity index (χ3n) is 3.29. The molecule has 3 amide bonds. The Labute approximate surface area is 122 Å². The highest BCUT2D eigenvalue weighted by Gasteiger charge is 2.32. The fraction of sp³-hybridized carbons (Fsp3) is 0.357. The molecule has 0 saturated heterocycles. The van der Waals surface area contributed by atoms with Gasteiger partial charge in [0.15, 0.2) is 0 Å². The van der Waals surface area contributed by atoms with Gasteiger partial charge in [0, 0.05) is 20.5 Å². The summed E-state index contributed by atoms with van der Waals surface area (Å²) >= 11 is 0. The first-order valence-electron chi connectivity index (χ1n) is 6.50. The van der Waals surface area contributed by atoms with Crippen molar-refractivity contribution in [3.8, 4) is 0 Å². The molecule has 1 unspecified atom stereocenters. The molecule has 0 spiro atoms. The highest BCUT2D eigenvalue weighted by atomic mass is 16.4. The van der Waals surface area contributed by atoms with Crippen molar-refractivity contribution < 1.29 is 19.5 Å². The van der Waals surface area contributed by atoms with Gasteiger partial charge in [0.25, 0.3) is 0 Å². The number of hydrogen-bond acceptors (Lipinski definition) is 3. The van der Waals surface area contributed by atoms with E-state index in [0.717, 1.165) is 5.56 Å². The minimum Gasteiger partial charge on any atom is -0.480 e. The second kappa shape index (κ2) is 5.82. The first-order valence-corrected chi connectivity index (χ1v) is 6.50. The van der Waals surface area contributed by atoms with Crippen molar-refractivity contribution in [3.63, 3.8) is 0 Å². The Morgan fingerprint density at radius 2 is 2.05 bits per heavy atom. The number of fused-ring (bicyclic) bond motifs is 1. The fourth-order valence-electron chi connectivity index (χ4n) is 2.33. The van der Waals surface area contributed by atoms with Crippen molar-refractivity contribution in [1.29, 1.82) is 0 Å². The van der Waals surface area contributed by atoms with Gasteiger partial charge in [-0.1, -0.05) is 18.2 Å². The minimum absolute atomic E-state index is 0.116. The summed E-state index contributed by atoms with van der Waals surface area (Å²) < 4.78 is 0. The summed E-state index contributed by atoms with van der Waals surface area (Å²) in [5, 5.41) is 11.5. The number of urea groups is 1. The van der Waals surface area contributed by atoms with Crippen LogP contribution in [0.1, 0.15) is 12.5 Å². The molecule has 0 bridgehead atoms. The van der Waals surface area contributed by atoms with E-state index in [1.165, 1.54) is 16.7 Å². The Kier molecular flexibility index (Phi) is 4.11. The van der Waals surface area contributed by atoms with Crippen molar-refractivity contribution in [2.45, 2.75) is 19.5 Å². The van der Waals surface area contributed by atoms with Crippen LogP contribution < -0.4 is 10.2 Å². The smallest absolute Gasteiger partial charge is 0.328 e. The average molecular weight is 291 g/mol. The van der Waals surface area contributed by atoms with Gasteiger partial charge in [0.2, 0.25) is 5.91 Å². The van der Waals surface area contributed by atoms with Gasteiger partial charge in [0.1, 0.15) is 6.04 Å². The molecule has 112 valence electrons. The number of rotatable bonds is 4. The van der Waals surface area contributed by atoms with Crippen LogP contribution in [0.15, 0.2) is 24.3 Å². The van der Waals surface area contributed by atoms with E-state index in [1.807, 2.05) is 12.1 Å². The molecule has 0 saturated carbocycles. The third kappa shape index (κ3) is 3.13. The van der Waals surface area contributed by atoms with E-state index >= 15 is 0 Å². The van der Waals surface area contributed by atoms with E-state index in [0.29, 0.717) is 12.2 Å². The Morgan fingerprint density at radius 1 is 1.38 bits per heavy atom. The number of carboxylic acid groups (broad SMARTS) is 1. The Balaban J connectivity index is 2.30. The predicted molar refractivity (Wildman–Crippen MR) is 75.9 cm³/mol. The van der Waals surface area contributed by atoms with E-state index in [1.54, 1.807) is 19.2 Å². The monoisotopic (exact) mass is 291 g/mol. The number of para-hydroxylation sites is 1. The number of nitrogens with one attached hydrogen (secondary N) is 1. The molecule has 0 aliphatic carbocycles. The molecule has 1 heterocycles. The summed E-state index contributed by atoms with van der Waals surface area (Å²) in [4.78, 5) is 37.5. The van der Waals surface area contributed by atoms with E-state index in [-0.39, 0.29) is 12.6 Å². The zero-order valence-electron chi connectivity index (χ0n) is 11.9. The van der Waals surface area contributed by atoms with Crippen LogP contribution in [0.2, 0.25) is 0 Å². The van der Waals surface area contributed by atoms with Gasteiger partial charge < -0.3 is 15.3 Å². The number of carbonyl (C=O) groups excluding carboxylic acids is 2. The first kappa shape index (κ1) is 14.8. The zero-order chi connectivity index (χ0) is 15.6. The molecule has 1 aromatic rings. The van der Waals surface area contributed by atoms with Crippen LogP contribution >= 0.6 is 0 Å². The van der Waals surface area contributed by atoms with Crippen molar-refractivity contribution in [3.05, 3.63) is 29.8 Å². The molecule has 0 fully saturated rings. The van der Waals surface area contributed by atoms with E-state index in [2.05, 4.69) is 5.32 Å². The minimum atomic E-state index is -1.18. The predicted octanol–water partition coefficient (Wildman–Crippen LogP) is 0.648. The van der Waals surface area contributed by atoms with Crippen LogP contribution in [-0.2, 0) is 16.1 Å². The summed E-state index contributed by atoms with van der Waals surface area (Å²) in [6.45, 7) is 1.60. The molecular formula is C14H17N3O4. The zero-order valence-corrected chi connectivity index (χ0v) is 11.9. The molecule has 0 radical (unpaired) electrons. The van der Waals surface area contributed by atoms with Crippen molar-refractivity contribution >= 4 is 23.6 Å².